The van der Waals surface area contributed by atoms with Crippen LogP contribution in [0, 0.1) is 11.3 Å². The second-order valence-electron chi connectivity index (χ2n) is 6.54. The molecule has 2 N–H and O–H groups in total. The Kier molecular flexibility index (Phi) is 6.01. The second kappa shape index (κ2) is 7.11. The Morgan fingerprint density at radius 3 is 2.33 bits per heavy atom. The highest BCUT2D eigenvalue weighted by atomic mass is 16.6. The van der Waals surface area contributed by atoms with Gasteiger partial charge in [-0.2, -0.15) is 0 Å². The topological polar surface area (TPSA) is 84.9 Å². The number of carbonyl (C=O) groups is 2. The van der Waals surface area contributed by atoms with Gasteiger partial charge in [-0.1, -0.05) is 0 Å². The fraction of sp³-hybridized carbons (Fsp3) is 0.867. The van der Waals surface area contributed by atoms with Crippen molar-refractivity contribution in [3.05, 3.63) is 0 Å². The number of aliphatic carboxylic acids is 1. The van der Waals surface area contributed by atoms with Gasteiger partial charge in [-0.05, 0) is 52.9 Å². The molecule has 1 rings (SSSR count). The van der Waals surface area contributed by atoms with Gasteiger partial charge in [0, 0.05) is 19.8 Å². The molecule has 0 spiro atoms. The van der Waals surface area contributed by atoms with E-state index in [1.165, 1.54) is 0 Å². The highest BCUT2D eigenvalue weighted by Gasteiger charge is 2.51. The number of alkyl carbamates (subject to hydrolysis) is 1. The number of rotatable bonds is 8. The molecule has 1 atom stereocenters. The van der Waals surface area contributed by atoms with E-state index in [1.54, 1.807) is 20.8 Å². The van der Waals surface area contributed by atoms with E-state index < -0.39 is 23.1 Å². The fourth-order valence-corrected chi connectivity index (χ4v) is 2.37. The van der Waals surface area contributed by atoms with E-state index >= 15 is 0 Å². The maximum atomic E-state index is 11.7. The highest BCUT2D eigenvalue weighted by Crippen LogP contribution is 2.47. The van der Waals surface area contributed by atoms with Crippen molar-refractivity contribution >= 4 is 12.1 Å². The zero-order chi connectivity index (χ0) is 16.1. The van der Waals surface area contributed by atoms with Crippen molar-refractivity contribution in [3.8, 4) is 0 Å². The number of carboxylic acid groups (broad SMARTS) is 1. The maximum Gasteiger partial charge on any atom is 0.407 e. The van der Waals surface area contributed by atoms with Gasteiger partial charge in [0.2, 0.25) is 0 Å². The first-order valence-corrected chi connectivity index (χ1v) is 7.49. The molecule has 0 bridgehead atoms. The number of amides is 1. The summed E-state index contributed by atoms with van der Waals surface area (Å²) in [4.78, 5) is 23.5. The Morgan fingerprint density at radius 1 is 1.29 bits per heavy atom. The molecule has 6 nitrogen and oxygen atoms in total. The smallest absolute Gasteiger partial charge is 0.407 e. The van der Waals surface area contributed by atoms with Crippen LogP contribution in [0.4, 0.5) is 4.79 Å². The Hall–Kier alpha value is -1.30. The van der Waals surface area contributed by atoms with E-state index in [2.05, 4.69) is 5.32 Å². The van der Waals surface area contributed by atoms with Gasteiger partial charge in [0.25, 0.3) is 0 Å². The molecular weight excluding hydrogens is 274 g/mol. The van der Waals surface area contributed by atoms with Crippen molar-refractivity contribution in [2.45, 2.75) is 52.6 Å². The van der Waals surface area contributed by atoms with Crippen LogP contribution in [-0.4, -0.2) is 42.5 Å². The molecule has 0 aromatic heterocycles. The maximum absolute atomic E-state index is 11.7. The summed E-state index contributed by atoms with van der Waals surface area (Å²) < 4.78 is 10.5. The van der Waals surface area contributed by atoms with Gasteiger partial charge < -0.3 is 19.9 Å². The minimum Gasteiger partial charge on any atom is -0.481 e. The molecule has 1 aliphatic carbocycles. The van der Waals surface area contributed by atoms with Gasteiger partial charge in [0.1, 0.15) is 5.60 Å². The summed E-state index contributed by atoms with van der Waals surface area (Å²) in [6, 6.07) is 0. The summed E-state index contributed by atoms with van der Waals surface area (Å²) in [6.45, 7) is 8.20. The molecule has 0 aliphatic heterocycles. The SMILES string of the molecule is CCOCCC(CNC(=O)OC(C)(C)C)(C(=O)O)C1CC1. The third-order valence-electron chi connectivity index (χ3n) is 3.63. The third kappa shape index (κ3) is 5.53. The Morgan fingerprint density at radius 2 is 1.90 bits per heavy atom. The fourth-order valence-electron chi connectivity index (χ4n) is 2.37. The molecule has 1 fully saturated rings. The lowest BCUT2D eigenvalue weighted by Gasteiger charge is -2.30. The lowest BCUT2D eigenvalue weighted by atomic mass is 9.79. The lowest BCUT2D eigenvalue weighted by molar-refractivity contribution is -0.151. The van der Waals surface area contributed by atoms with Crippen LogP contribution < -0.4 is 5.32 Å². The predicted octanol–water partition coefficient (Wildman–Crippen LogP) is 2.42. The molecule has 0 aromatic carbocycles. The minimum atomic E-state index is -0.952. The van der Waals surface area contributed by atoms with E-state index in [4.69, 9.17) is 9.47 Å². The average Bonchev–Trinajstić information content (AvgIpc) is 3.15. The summed E-state index contributed by atoms with van der Waals surface area (Å²) in [7, 11) is 0. The quantitative estimate of drug-likeness (QED) is 0.673. The zero-order valence-electron chi connectivity index (χ0n) is 13.4. The zero-order valence-corrected chi connectivity index (χ0v) is 13.4. The molecule has 1 unspecified atom stereocenters. The van der Waals surface area contributed by atoms with E-state index in [9.17, 15) is 14.7 Å². The molecule has 6 heteroatoms. The molecule has 1 amide bonds. The van der Waals surface area contributed by atoms with Crippen LogP contribution in [0.2, 0.25) is 0 Å². The van der Waals surface area contributed by atoms with Crippen LogP contribution >= 0.6 is 0 Å². The van der Waals surface area contributed by atoms with E-state index in [-0.39, 0.29) is 12.5 Å². The molecule has 1 aliphatic rings. The van der Waals surface area contributed by atoms with Crippen LogP contribution in [0.25, 0.3) is 0 Å². The first-order chi connectivity index (χ1) is 9.71. The molecule has 122 valence electrons. The molecule has 0 aromatic rings. The van der Waals surface area contributed by atoms with Gasteiger partial charge in [-0.25, -0.2) is 4.79 Å². The van der Waals surface area contributed by atoms with Gasteiger partial charge >= 0.3 is 12.1 Å². The minimum absolute atomic E-state index is 0.0784. The van der Waals surface area contributed by atoms with Crippen molar-refractivity contribution in [3.63, 3.8) is 0 Å². The molecule has 0 heterocycles. The van der Waals surface area contributed by atoms with E-state index in [0.29, 0.717) is 19.6 Å². The van der Waals surface area contributed by atoms with Gasteiger partial charge in [0.15, 0.2) is 0 Å². The van der Waals surface area contributed by atoms with Gasteiger partial charge in [0.05, 0.1) is 5.41 Å². The number of hydrogen-bond donors (Lipinski definition) is 2. The van der Waals surface area contributed by atoms with Crippen LogP contribution in [0.1, 0.15) is 47.0 Å². The number of nitrogens with one attached hydrogen (secondary N) is 1. The summed E-state index contributed by atoms with van der Waals surface area (Å²) in [5.41, 5.74) is -1.55. The normalized spacial score (nSPS) is 17.9. The first-order valence-electron chi connectivity index (χ1n) is 7.49. The molecule has 0 radical (unpaired) electrons. The van der Waals surface area contributed by atoms with Crippen LogP contribution in [0.3, 0.4) is 0 Å². The summed E-state index contributed by atoms with van der Waals surface area (Å²) in [6.07, 6.45) is 1.59. The van der Waals surface area contributed by atoms with Crippen molar-refractivity contribution in [1.82, 2.24) is 5.32 Å². The molecule has 21 heavy (non-hydrogen) atoms. The summed E-state index contributed by atoms with van der Waals surface area (Å²) in [5.74, 6) is -0.772. The van der Waals surface area contributed by atoms with Crippen molar-refractivity contribution in [2.75, 3.05) is 19.8 Å². The average molecular weight is 301 g/mol. The number of hydrogen-bond acceptors (Lipinski definition) is 4. The van der Waals surface area contributed by atoms with Crippen LogP contribution in [-0.2, 0) is 14.3 Å². The van der Waals surface area contributed by atoms with Crippen molar-refractivity contribution in [2.24, 2.45) is 11.3 Å². The Bertz CT molecular complexity index is 373. The summed E-state index contributed by atoms with van der Waals surface area (Å²) >= 11 is 0. The van der Waals surface area contributed by atoms with Crippen molar-refractivity contribution < 1.29 is 24.2 Å². The largest absolute Gasteiger partial charge is 0.481 e. The van der Waals surface area contributed by atoms with Crippen molar-refractivity contribution in [1.29, 1.82) is 0 Å². The van der Waals surface area contributed by atoms with Crippen LogP contribution in [0.5, 0.6) is 0 Å². The van der Waals surface area contributed by atoms with Gasteiger partial charge in [-0.3, -0.25) is 4.79 Å². The standard InChI is InChI=1S/C15H27NO5/c1-5-20-9-8-15(12(17)18,11-6-7-11)10-16-13(19)21-14(2,3)4/h11H,5-10H2,1-4H3,(H,16,19)(H,17,18). The monoisotopic (exact) mass is 301 g/mol. The molecule has 1 saturated carbocycles. The molecular formula is C15H27NO5. The van der Waals surface area contributed by atoms with E-state index in [1.807, 2.05) is 6.92 Å². The van der Waals surface area contributed by atoms with Crippen LogP contribution in [0.15, 0.2) is 0 Å². The number of carbonyl (C=O) groups excluding carboxylic acids is 1. The first kappa shape index (κ1) is 17.8. The summed E-state index contributed by atoms with van der Waals surface area (Å²) in [5, 5.41) is 12.2. The molecule has 0 saturated heterocycles. The highest BCUT2D eigenvalue weighted by molar-refractivity contribution is 5.77. The van der Waals surface area contributed by atoms with E-state index in [0.717, 1.165) is 12.8 Å². The third-order valence-corrected chi connectivity index (χ3v) is 3.63. The Balaban J connectivity index is 2.64. The van der Waals surface area contributed by atoms with Gasteiger partial charge in [-0.15, -0.1) is 0 Å². The number of carboxylic acids is 1. The number of ether oxygens (including phenoxy) is 2. The lowest BCUT2D eigenvalue weighted by Crippen LogP contribution is -2.46. The Labute approximate surface area is 126 Å². The second-order valence-corrected chi connectivity index (χ2v) is 6.54. The predicted molar refractivity (Wildman–Crippen MR) is 78.1 cm³/mol.